The molecule has 1 aliphatic heterocycles. The van der Waals surface area contributed by atoms with Gasteiger partial charge in [0.25, 0.3) is 0 Å². The second-order valence-corrected chi connectivity index (χ2v) is 4.98. The zero-order chi connectivity index (χ0) is 13.7. The summed E-state index contributed by atoms with van der Waals surface area (Å²) < 4.78 is 4.67. The molecule has 1 fully saturated rings. The van der Waals surface area contributed by atoms with Gasteiger partial charge in [0.2, 0.25) is 0 Å². The number of carbonyl (C=O) groups is 1. The second kappa shape index (κ2) is 6.73. The number of rotatable bonds is 5. The minimum absolute atomic E-state index is 0.317. The SMILES string of the molecule is CCN1CCC(NCc2ccc(C(=O)OC)[nH]2)CC1. The van der Waals surface area contributed by atoms with Crippen LogP contribution in [0.25, 0.3) is 0 Å². The largest absolute Gasteiger partial charge is 0.464 e. The van der Waals surface area contributed by atoms with Gasteiger partial charge in [0.05, 0.1) is 7.11 Å². The summed E-state index contributed by atoms with van der Waals surface area (Å²) in [5.74, 6) is -0.317. The standard InChI is InChI=1S/C14H23N3O2/c1-3-17-8-6-11(7-9-17)15-10-12-4-5-13(16-12)14(18)19-2/h4-5,11,15-16H,3,6-10H2,1-2H3. The third kappa shape index (κ3) is 3.81. The smallest absolute Gasteiger partial charge is 0.354 e. The lowest BCUT2D eigenvalue weighted by molar-refractivity contribution is 0.0594. The Bertz CT molecular complexity index is 409. The molecule has 0 amide bonds. The number of nitrogens with one attached hydrogen (secondary N) is 2. The van der Waals surface area contributed by atoms with Crippen LogP contribution in [0.1, 0.15) is 35.9 Å². The van der Waals surface area contributed by atoms with Crippen molar-refractivity contribution < 1.29 is 9.53 Å². The summed E-state index contributed by atoms with van der Waals surface area (Å²) in [6, 6.07) is 4.27. The van der Waals surface area contributed by atoms with Gasteiger partial charge in [-0.2, -0.15) is 0 Å². The van der Waals surface area contributed by atoms with E-state index in [1.807, 2.05) is 6.07 Å². The van der Waals surface area contributed by atoms with Gasteiger partial charge < -0.3 is 19.9 Å². The Kier molecular flexibility index (Phi) is 4.99. The molecule has 1 aliphatic rings. The quantitative estimate of drug-likeness (QED) is 0.790. The molecule has 0 bridgehead atoms. The average Bonchev–Trinajstić information content (AvgIpc) is 2.93. The molecule has 0 saturated carbocycles. The number of H-pyrrole nitrogens is 1. The molecule has 2 rings (SSSR count). The first-order chi connectivity index (χ1) is 9.22. The van der Waals surface area contributed by atoms with Crippen LogP contribution < -0.4 is 5.32 Å². The summed E-state index contributed by atoms with van der Waals surface area (Å²) >= 11 is 0. The summed E-state index contributed by atoms with van der Waals surface area (Å²) in [6.45, 7) is 6.47. The molecule has 0 aromatic carbocycles. The molecular weight excluding hydrogens is 242 g/mol. The molecule has 0 aliphatic carbocycles. The lowest BCUT2D eigenvalue weighted by Gasteiger charge is -2.31. The second-order valence-electron chi connectivity index (χ2n) is 4.98. The first kappa shape index (κ1) is 14.1. The van der Waals surface area contributed by atoms with Crippen LogP contribution in [0.4, 0.5) is 0 Å². The number of esters is 1. The van der Waals surface area contributed by atoms with E-state index in [2.05, 4.69) is 26.9 Å². The van der Waals surface area contributed by atoms with Gasteiger partial charge in [-0.1, -0.05) is 6.92 Å². The Morgan fingerprint density at radius 2 is 2.21 bits per heavy atom. The van der Waals surface area contributed by atoms with Crippen molar-refractivity contribution in [3.63, 3.8) is 0 Å². The Hall–Kier alpha value is -1.33. The fourth-order valence-electron chi connectivity index (χ4n) is 2.48. The molecule has 2 heterocycles. The number of ether oxygens (including phenoxy) is 1. The van der Waals surface area contributed by atoms with Crippen LogP contribution >= 0.6 is 0 Å². The van der Waals surface area contributed by atoms with Gasteiger partial charge >= 0.3 is 5.97 Å². The monoisotopic (exact) mass is 265 g/mol. The van der Waals surface area contributed by atoms with E-state index in [0.29, 0.717) is 11.7 Å². The van der Waals surface area contributed by atoms with E-state index >= 15 is 0 Å². The first-order valence-electron chi connectivity index (χ1n) is 6.95. The van der Waals surface area contributed by atoms with E-state index in [4.69, 9.17) is 0 Å². The summed E-state index contributed by atoms with van der Waals surface area (Å²) in [7, 11) is 1.39. The van der Waals surface area contributed by atoms with Crippen LogP contribution in [0, 0.1) is 0 Å². The van der Waals surface area contributed by atoms with Crippen LogP contribution in [0.5, 0.6) is 0 Å². The molecule has 1 aromatic heterocycles. The Balaban J connectivity index is 1.76. The topological polar surface area (TPSA) is 57.4 Å². The van der Waals surface area contributed by atoms with Crippen molar-refractivity contribution in [2.75, 3.05) is 26.7 Å². The summed E-state index contributed by atoms with van der Waals surface area (Å²) in [6.07, 6.45) is 2.39. The van der Waals surface area contributed by atoms with E-state index in [1.165, 1.54) is 33.0 Å². The van der Waals surface area contributed by atoms with Crippen LogP contribution in [0.15, 0.2) is 12.1 Å². The van der Waals surface area contributed by atoms with Crippen molar-refractivity contribution in [2.45, 2.75) is 32.4 Å². The molecule has 106 valence electrons. The van der Waals surface area contributed by atoms with Crippen molar-refractivity contribution in [3.8, 4) is 0 Å². The van der Waals surface area contributed by atoms with Crippen molar-refractivity contribution in [2.24, 2.45) is 0 Å². The van der Waals surface area contributed by atoms with Crippen LogP contribution in [-0.4, -0.2) is 48.6 Å². The Morgan fingerprint density at radius 3 is 2.84 bits per heavy atom. The number of likely N-dealkylation sites (tertiary alicyclic amines) is 1. The van der Waals surface area contributed by atoms with Gasteiger partial charge in [-0.15, -0.1) is 0 Å². The Morgan fingerprint density at radius 1 is 1.47 bits per heavy atom. The predicted molar refractivity (Wildman–Crippen MR) is 74.1 cm³/mol. The highest BCUT2D eigenvalue weighted by Gasteiger charge is 2.17. The normalized spacial score (nSPS) is 17.6. The molecule has 5 nitrogen and oxygen atoms in total. The zero-order valence-corrected chi connectivity index (χ0v) is 11.7. The number of nitrogens with zero attached hydrogens (tertiary/aromatic N) is 1. The minimum Gasteiger partial charge on any atom is -0.464 e. The molecule has 0 unspecified atom stereocenters. The third-order valence-electron chi connectivity index (χ3n) is 3.77. The summed E-state index contributed by atoms with van der Waals surface area (Å²) in [5, 5.41) is 3.54. The van der Waals surface area contributed by atoms with Crippen LogP contribution in [0.2, 0.25) is 0 Å². The van der Waals surface area contributed by atoms with Crippen LogP contribution in [0.3, 0.4) is 0 Å². The lowest BCUT2D eigenvalue weighted by atomic mass is 10.1. The number of aromatic amines is 1. The average molecular weight is 265 g/mol. The van der Waals surface area contributed by atoms with Crippen molar-refractivity contribution in [3.05, 3.63) is 23.5 Å². The van der Waals surface area contributed by atoms with E-state index < -0.39 is 0 Å². The minimum atomic E-state index is -0.317. The molecular formula is C14H23N3O2. The maximum atomic E-state index is 11.3. The van der Waals surface area contributed by atoms with Gasteiger partial charge in [-0.25, -0.2) is 4.79 Å². The molecule has 1 aromatic rings. The first-order valence-corrected chi connectivity index (χ1v) is 6.95. The van der Waals surface area contributed by atoms with Crippen molar-refractivity contribution in [1.82, 2.24) is 15.2 Å². The maximum Gasteiger partial charge on any atom is 0.354 e. The number of aromatic nitrogens is 1. The molecule has 5 heteroatoms. The van der Waals surface area contributed by atoms with E-state index in [9.17, 15) is 4.79 Å². The Labute approximate surface area is 114 Å². The molecule has 0 radical (unpaired) electrons. The molecule has 1 saturated heterocycles. The lowest BCUT2D eigenvalue weighted by Crippen LogP contribution is -2.42. The molecule has 0 spiro atoms. The van der Waals surface area contributed by atoms with E-state index in [0.717, 1.165) is 18.8 Å². The van der Waals surface area contributed by atoms with Gasteiger partial charge in [0, 0.05) is 18.3 Å². The number of piperidine rings is 1. The molecule has 19 heavy (non-hydrogen) atoms. The van der Waals surface area contributed by atoms with Crippen molar-refractivity contribution in [1.29, 1.82) is 0 Å². The van der Waals surface area contributed by atoms with Gasteiger partial charge in [-0.05, 0) is 44.6 Å². The predicted octanol–water partition coefficient (Wildman–Crippen LogP) is 1.38. The van der Waals surface area contributed by atoms with E-state index in [1.54, 1.807) is 6.07 Å². The van der Waals surface area contributed by atoms with Gasteiger partial charge in [0.1, 0.15) is 5.69 Å². The highest BCUT2D eigenvalue weighted by molar-refractivity contribution is 5.87. The number of hydrogen-bond acceptors (Lipinski definition) is 4. The van der Waals surface area contributed by atoms with E-state index in [-0.39, 0.29) is 5.97 Å². The number of carbonyl (C=O) groups excluding carboxylic acids is 1. The summed E-state index contributed by atoms with van der Waals surface area (Å²) in [4.78, 5) is 16.9. The van der Waals surface area contributed by atoms with Gasteiger partial charge in [-0.3, -0.25) is 0 Å². The third-order valence-corrected chi connectivity index (χ3v) is 3.77. The summed E-state index contributed by atoms with van der Waals surface area (Å²) in [5.41, 5.74) is 1.54. The number of methoxy groups -OCH3 is 1. The molecule has 2 N–H and O–H groups in total. The number of hydrogen-bond donors (Lipinski definition) is 2. The zero-order valence-electron chi connectivity index (χ0n) is 11.7. The highest BCUT2D eigenvalue weighted by atomic mass is 16.5. The maximum absolute atomic E-state index is 11.3. The van der Waals surface area contributed by atoms with Gasteiger partial charge in [0.15, 0.2) is 0 Å². The fraction of sp³-hybridized carbons (Fsp3) is 0.643. The van der Waals surface area contributed by atoms with Crippen molar-refractivity contribution >= 4 is 5.97 Å². The fourth-order valence-corrected chi connectivity index (χ4v) is 2.48. The highest BCUT2D eigenvalue weighted by Crippen LogP contribution is 2.11. The molecule has 0 atom stereocenters. The van der Waals surface area contributed by atoms with Crippen LogP contribution in [-0.2, 0) is 11.3 Å².